The highest BCUT2D eigenvalue weighted by atomic mass is 16.4. The van der Waals surface area contributed by atoms with Gasteiger partial charge in [-0.2, -0.15) is 0 Å². The maximum Gasteiger partial charge on any atom is 0.306 e. The second kappa shape index (κ2) is 3.72. The van der Waals surface area contributed by atoms with Gasteiger partial charge in [0.05, 0.1) is 5.92 Å². The van der Waals surface area contributed by atoms with E-state index in [4.69, 9.17) is 10.8 Å². The molecule has 0 heterocycles. The quantitative estimate of drug-likeness (QED) is 0.638. The van der Waals surface area contributed by atoms with Crippen LogP contribution in [0.3, 0.4) is 0 Å². The maximum atomic E-state index is 10.5. The molecule has 1 saturated carbocycles. The molecule has 0 saturated heterocycles. The third-order valence-electron chi connectivity index (χ3n) is 2.47. The van der Waals surface area contributed by atoms with E-state index in [1.165, 1.54) is 0 Å². The van der Waals surface area contributed by atoms with Crippen molar-refractivity contribution in [3.63, 3.8) is 0 Å². The standard InChI is InChI=1S/C8H15NO2/c9-4-3-6-1-2-7(5-6)8(10)11/h6-7H,1-5,9H2,(H,10,11). The van der Waals surface area contributed by atoms with Crippen molar-refractivity contribution in [2.45, 2.75) is 25.7 Å². The minimum Gasteiger partial charge on any atom is -0.481 e. The van der Waals surface area contributed by atoms with Crippen molar-refractivity contribution < 1.29 is 9.90 Å². The second-order valence-corrected chi connectivity index (χ2v) is 3.29. The fourth-order valence-electron chi connectivity index (χ4n) is 1.80. The van der Waals surface area contributed by atoms with E-state index < -0.39 is 5.97 Å². The average Bonchev–Trinajstić information content (AvgIpc) is 2.37. The molecule has 0 aliphatic heterocycles. The molecule has 0 amide bonds. The van der Waals surface area contributed by atoms with Crippen molar-refractivity contribution in [2.24, 2.45) is 17.6 Å². The number of aliphatic carboxylic acids is 1. The largest absolute Gasteiger partial charge is 0.481 e. The highest BCUT2D eigenvalue weighted by molar-refractivity contribution is 5.70. The lowest BCUT2D eigenvalue weighted by Crippen LogP contribution is -2.11. The summed E-state index contributed by atoms with van der Waals surface area (Å²) in [4.78, 5) is 10.5. The van der Waals surface area contributed by atoms with Crippen LogP contribution in [0.4, 0.5) is 0 Å². The molecule has 1 aliphatic rings. The summed E-state index contributed by atoms with van der Waals surface area (Å²) in [5, 5.41) is 8.67. The van der Waals surface area contributed by atoms with Crippen LogP contribution in [-0.4, -0.2) is 17.6 Å². The summed E-state index contributed by atoms with van der Waals surface area (Å²) in [7, 11) is 0. The Hall–Kier alpha value is -0.570. The zero-order chi connectivity index (χ0) is 8.27. The van der Waals surface area contributed by atoms with Crippen LogP contribution in [-0.2, 0) is 4.79 Å². The van der Waals surface area contributed by atoms with E-state index in [1.54, 1.807) is 0 Å². The van der Waals surface area contributed by atoms with Crippen molar-refractivity contribution in [3.8, 4) is 0 Å². The molecule has 0 aromatic rings. The molecule has 64 valence electrons. The fraction of sp³-hybridized carbons (Fsp3) is 0.875. The molecule has 0 spiro atoms. The van der Waals surface area contributed by atoms with Gasteiger partial charge in [-0.25, -0.2) is 0 Å². The van der Waals surface area contributed by atoms with Gasteiger partial charge in [0.2, 0.25) is 0 Å². The molecule has 0 radical (unpaired) electrons. The zero-order valence-electron chi connectivity index (χ0n) is 6.62. The predicted molar refractivity (Wildman–Crippen MR) is 42.1 cm³/mol. The molecule has 2 atom stereocenters. The monoisotopic (exact) mass is 157 g/mol. The zero-order valence-corrected chi connectivity index (χ0v) is 6.62. The number of hydrogen-bond acceptors (Lipinski definition) is 2. The number of hydrogen-bond donors (Lipinski definition) is 2. The third-order valence-corrected chi connectivity index (χ3v) is 2.47. The van der Waals surface area contributed by atoms with Crippen LogP contribution in [0.5, 0.6) is 0 Å². The van der Waals surface area contributed by atoms with Crippen molar-refractivity contribution in [2.75, 3.05) is 6.54 Å². The lowest BCUT2D eigenvalue weighted by atomic mass is 10.0. The molecular weight excluding hydrogens is 142 g/mol. The van der Waals surface area contributed by atoms with E-state index in [9.17, 15) is 4.79 Å². The van der Waals surface area contributed by atoms with Crippen molar-refractivity contribution in [3.05, 3.63) is 0 Å². The Labute approximate surface area is 66.6 Å². The Morgan fingerprint density at radius 1 is 1.55 bits per heavy atom. The molecule has 0 aromatic heterocycles. The van der Waals surface area contributed by atoms with E-state index in [1.807, 2.05) is 0 Å². The van der Waals surface area contributed by atoms with Gasteiger partial charge in [0.25, 0.3) is 0 Å². The molecular formula is C8H15NO2. The molecule has 1 aliphatic carbocycles. The van der Waals surface area contributed by atoms with Gasteiger partial charge in [-0.05, 0) is 38.1 Å². The number of carboxylic acid groups (broad SMARTS) is 1. The van der Waals surface area contributed by atoms with Gasteiger partial charge < -0.3 is 10.8 Å². The minimum atomic E-state index is -0.635. The Kier molecular flexibility index (Phi) is 2.88. The van der Waals surface area contributed by atoms with Gasteiger partial charge in [-0.15, -0.1) is 0 Å². The van der Waals surface area contributed by atoms with Crippen LogP contribution < -0.4 is 5.73 Å². The summed E-state index contributed by atoms with van der Waals surface area (Å²) in [6.07, 6.45) is 3.73. The number of carbonyl (C=O) groups is 1. The summed E-state index contributed by atoms with van der Waals surface area (Å²) < 4.78 is 0. The van der Waals surface area contributed by atoms with Gasteiger partial charge in [0.1, 0.15) is 0 Å². The van der Waals surface area contributed by atoms with Crippen molar-refractivity contribution in [1.29, 1.82) is 0 Å². The van der Waals surface area contributed by atoms with Gasteiger partial charge in [-0.1, -0.05) is 0 Å². The molecule has 0 aromatic carbocycles. The van der Waals surface area contributed by atoms with Crippen LogP contribution >= 0.6 is 0 Å². The Morgan fingerprint density at radius 3 is 2.73 bits per heavy atom. The van der Waals surface area contributed by atoms with Gasteiger partial charge >= 0.3 is 5.97 Å². The molecule has 0 bridgehead atoms. The fourth-order valence-corrected chi connectivity index (χ4v) is 1.80. The molecule has 1 rings (SSSR count). The minimum absolute atomic E-state index is 0.0912. The third kappa shape index (κ3) is 2.19. The first kappa shape index (κ1) is 8.53. The molecule has 3 nitrogen and oxygen atoms in total. The molecule has 1 fully saturated rings. The van der Waals surface area contributed by atoms with E-state index in [0.717, 1.165) is 25.7 Å². The first-order chi connectivity index (χ1) is 5.24. The predicted octanol–water partition coefficient (Wildman–Crippen LogP) is 0.836. The van der Waals surface area contributed by atoms with Crippen LogP contribution in [0.15, 0.2) is 0 Å². The van der Waals surface area contributed by atoms with Crippen LogP contribution in [0, 0.1) is 11.8 Å². The van der Waals surface area contributed by atoms with Gasteiger partial charge in [0.15, 0.2) is 0 Å². The topological polar surface area (TPSA) is 63.3 Å². The Bertz CT molecular complexity index is 147. The lowest BCUT2D eigenvalue weighted by molar-refractivity contribution is -0.141. The van der Waals surface area contributed by atoms with Crippen LogP contribution in [0.2, 0.25) is 0 Å². The van der Waals surface area contributed by atoms with E-state index in [-0.39, 0.29) is 5.92 Å². The lowest BCUT2D eigenvalue weighted by Gasteiger charge is -2.05. The van der Waals surface area contributed by atoms with Crippen LogP contribution in [0.1, 0.15) is 25.7 Å². The maximum absolute atomic E-state index is 10.5. The normalized spacial score (nSPS) is 30.6. The van der Waals surface area contributed by atoms with E-state index in [2.05, 4.69) is 0 Å². The van der Waals surface area contributed by atoms with E-state index >= 15 is 0 Å². The molecule has 11 heavy (non-hydrogen) atoms. The SMILES string of the molecule is NCCC1CCC(C(=O)O)C1. The summed E-state index contributed by atoms with van der Waals surface area (Å²) >= 11 is 0. The second-order valence-electron chi connectivity index (χ2n) is 3.29. The summed E-state index contributed by atoms with van der Waals surface area (Å²) in [5.74, 6) is -0.155. The van der Waals surface area contributed by atoms with E-state index in [0.29, 0.717) is 12.5 Å². The molecule has 3 heteroatoms. The van der Waals surface area contributed by atoms with Crippen molar-refractivity contribution in [1.82, 2.24) is 0 Å². The van der Waals surface area contributed by atoms with Gasteiger partial charge in [-0.3, -0.25) is 4.79 Å². The summed E-state index contributed by atoms with van der Waals surface area (Å²) in [6.45, 7) is 0.691. The first-order valence-corrected chi connectivity index (χ1v) is 4.17. The van der Waals surface area contributed by atoms with Crippen molar-refractivity contribution >= 4 is 5.97 Å². The van der Waals surface area contributed by atoms with Crippen LogP contribution in [0.25, 0.3) is 0 Å². The highest BCUT2D eigenvalue weighted by Crippen LogP contribution is 2.32. The Balaban J connectivity index is 2.29. The average molecular weight is 157 g/mol. The first-order valence-electron chi connectivity index (χ1n) is 4.17. The molecule has 3 N–H and O–H groups in total. The summed E-state index contributed by atoms with van der Waals surface area (Å²) in [5.41, 5.74) is 5.38. The Morgan fingerprint density at radius 2 is 2.27 bits per heavy atom. The number of carboxylic acids is 1. The number of nitrogens with two attached hydrogens (primary N) is 1. The summed E-state index contributed by atoms with van der Waals surface area (Å²) in [6, 6.07) is 0. The highest BCUT2D eigenvalue weighted by Gasteiger charge is 2.28. The molecule has 2 unspecified atom stereocenters. The smallest absolute Gasteiger partial charge is 0.306 e. The van der Waals surface area contributed by atoms with Gasteiger partial charge in [0, 0.05) is 0 Å². The number of rotatable bonds is 3.